The van der Waals surface area contributed by atoms with E-state index in [9.17, 15) is 13.2 Å². The van der Waals surface area contributed by atoms with E-state index < -0.39 is 10.0 Å². The van der Waals surface area contributed by atoms with E-state index >= 15 is 0 Å². The molecule has 2 aromatic rings. The molecule has 1 amide bonds. The molecule has 2 aromatic carbocycles. The molecule has 5 nitrogen and oxygen atoms in total. The van der Waals surface area contributed by atoms with Crippen molar-refractivity contribution in [2.75, 3.05) is 21.1 Å². The number of carbonyl (C=O) groups excluding carboxylic acids is 1. The maximum Gasteiger partial charge on any atom is 0.253 e. The molecule has 0 spiro atoms. The van der Waals surface area contributed by atoms with Crippen molar-refractivity contribution in [3.8, 4) is 0 Å². The zero-order valence-electron chi connectivity index (χ0n) is 13.7. The van der Waals surface area contributed by atoms with Gasteiger partial charge in [-0.15, -0.1) is 0 Å². The Labute approximate surface area is 147 Å². The van der Waals surface area contributed by atoms with E-state index in [0.29, 0.717) is 17.1 Å². The predicted octanol–water partition coefficient (Wildman–Crippen LogP) is 2.86. The second-order valence-corrected chi connectivity index (χ2v) is 8.19. The van der Waals surface area contributed by atoms with Crippen LogP contribution in [0, 0.1) is 0 Å². The molecule has 0 aliphatic carbocycles. The van der Waals surface area contributed by atoms with E-state index in [1.165, 1.54) is 31.1 Å². The van der Waals surface area contributed by atoms with E-state index in [4.69, 9.17) is 11.6 Å². The van der Waals surface area contributed by atoms with Gasteiger partial charge in [-0.3, -0.25) is 4.79 Å². The van der Waals surface area contributed by atoms with Gasteiger partial charge in [0.15, 0.2) is 0 Å². The van der Waals surface area contributed by atoms with Crippen molar-refractivity contribution in [2.24, 2.45) is 0 Å². The summed E-state index contributed by atoms with van der Waals surface area (Å²) in [7, 11) is 1.01. The third kappa shape index (κ3) is 4.14. The summed E-state index contributed by atoms with van der Waals surface area (Å²) in [4.78, 5) is 14.2. The van der Waals surface area contributed by atoms with Gasteiger partial charge in [-0.2, -0.15) is 0 Å². The highest BCUT2D eigenvalue weighted by atomic mass is 35.5. The number of halogens is 1. The molecule has 0 unspecified atom stereocenters. The Morgan fingerprint density at radius 2 is 1.67 bits per heavy atom. The first-order chi connectivity index (χ1) is 11.2. The molecule has 0 heterocycles. The van der Waals surface area contributed by atoms with Crippen LogP contribution >= 0.6 is 11.6 Å². The predicted molar refractivity (Wildman–Crippen MR) is 94.6 cm³/mol. The molecular weight excluding hydrogens is 348 g/mol. The lowest BCUT2D eigenvalue weighted by Gasteiger charge is -2.18. The number of sulfonamides is 1. The molecule has 0 saturated heterocycles. The topological polar surface area (TPSA) is 57.7 Å². The quantitative estimate of drug-likeness (QED) is 0.817. The smallest absolute Gasteiger partial charge is 0.253 e. The van der Waals surface area contributed by atoms with Crippen molar-refractivity contribution in [1.29, 1.82) is 0 Å². The molecule has 0 aliphatic rings. The third-order valence-corrected chi connectivity index (χ3v) is 5.60. The number of hydrogen-bond acceptors (Lipinski definition) is 3. The van der Waals surface area contributed by atoms with Crippen molar-refractivity contribution in [3.05, 3.63) is 64.7 Å². The Hall–Kier alpha value is -1.89. The van der Waals surface area contributed by atoms with Crippen LogP contribution in [0.15, 0.2) is 53.4 Å². The van der Waals surface area contributed by atoms with Crippen LogP contribution in [0.4, 0.5) is 0 Å². The van der Waals surface area contributed by atoms with E-state index in [1.54, 1.807) is 31.3 Å². The van der Waals surface area contributed by atoms with Gasteiger partial charge in [0.25, 0.3) is 5.91 Å². The number of benzene rings is 2. The number of rotatable bonds is 5. The molecule has 7 heteroatoms. The summed E-state index contributed by atoms with van der Waals surface area (Å²) >= 11 is 5.85. The molecule has 0 aliphatic heterocycles. The van der Waals surface area contributed by atoms with Crippen LogP contribution in [0.3, 0.4) is 0 Å². The van der Waals surface area contributed by atoms with Gasteiger partial charge in [0.1, 0.15) is 0 Å². The Kier molecular flexibility index (Phi) is 5.64. The first-order valence-electron chi connectivity index (χ1n) is 7.24. The zero-order valence-corrected chi connectivity index (χ0v) is 15.3. The fourth-order valence-corrected chi connectivity index (χ4v) is 3.23. The van der Waals surface area contributed by atoms with E-state index in [1.807, 2.05) is 12.1 Å². The standard InChI is InChI=1S/C17H19ClN2O3S/c1-19(2)24(22,23)16-6-4-5-14(11-16)17(21)20(3)12-13-7-9-15(18)10-8-13/h4-11H,12H2,1-3H3. The Balaban J connectivity index is 2.22. The van der Waals surface area contributed by atoms with Crippen molar-refractivity contribution in [1.82, 2.24) is 9.21 Å². The first-order valence-corrected chi connectivity index (χ1v) is 9.06. The second-order valence-electron chi connectivity index (χ2n) is 5.60. The van der Waals surface area contributed by atoms with Crippen LogP contribution in [0.25, 0.3) is 0 Å². The molecule has 0 radical (unpaired) electrons. The van der Waals surface area contributed by atoms with Gasteiger partial charge in [-0.1, -0.05) is 29.8 Å². The van der Waals surface area contributed by atoms with Gasteiger partial charge in [0, 0.05) is 38.3 Å². The van der Waals surface area contributed by atoms with Gasteiger partial charge in [0.05, 0.1) is 4.90 Å². The van der Waals surface area contributed by atoms with Crippen LogP contribution in [0.5, 0.6) is 0 Å². The molecule has 0 aromatic heterocycles. The molecule has 24 heavy (non-hydrogen) atoms. The molecule has 0 saturated carbocycles. The maximum atomic E-state index is 12.6. The number of nitrogens with zero attached hydrogens (tertiary/aromatic N) is 2. The summed E-state index contributed by atoms with van der Waals surface area (Å²) in [5.41, 5.74) is 1.27. The number of carbonyl (C=O) groups is 1. The molecule has 128 valence electrons. The van der Waals surface area contributed by atoms with Crippen molar-refractivity contribution < 1.29 is 13.2 Å². The zero-order chi connectivity index (χ0) is 17.9. The van der Waals surface area contributed by atoms with Crippen LogP contribution in [0.2, 0.25) is 5.02 Å². The van der Waals surface area contributed by atoms with E-state index in [2.05, 4.69) is 0 Å². The van der Waals surface area contributed by atoms with Crippen molar-refractivity contribution in [2.45, 2.75) is 11.4 Å². The van der Waals surface area contributed by atoms with Gasteiger partial charge >= 0.3 is 0 Å². The minimum Gasteiger partial charge on any atom is -0.337 e. The van der Waals surface area contributed by atoms with Crippen LogP contribution < -0.4 is 0 Å². The highest BCUT2D eigenvalue weighted by Crippen LogP contribution is 2.17. The highest BCUT2D eigenvalue weighted by Gasteiger charge is 2.20. The Morgan fingerprint density at radius 3 is 2.25 bits per heavy atom. The fraction of sp³-hybridized carbons (Fsp3) is 0.235. The minimum absolute atomic E-state index is 0.0956. The second kappa shape index (κ2) is 7.34. The lowest BCUT2D eigenvalue weighted by Crippen LogP contribution is -2.27. The Bertz CT molecular complexity index is 833. The van der Waals surface area contributed by atoms with E-state index in [0.717, 1.165) is 9.87 Å². The molecule has 2 rings (SSSR count). The fourth-order valence-electron chi connectivity index (χ4n) is 2.16. The van der Waals surface area contributed by atoms with Gasteiger partial charge in [0.2, 0.25) is 10.0 Å². The largest absolute Gasteiger partial charge is 0.337 e. The summed E-state index contributed by atoms with van der Waals surface area (Å²) < 4.78 is 25.5. The maximum absolute atomic E-state index is 12.6. The van der Waals surface area contributed by atoms with Gasteiger partial charge in [-0.25, -0.2) is 12.7 Å². The summed E-state index contributed by atoms with van der Waals surface area (Å²) in [6.45, 7) is 0.403. The summed E-state index contributed by atoms with van der Waals surface area (Å²) in [6.07, 6.45) is 0. The van der Waals surface area contributed by atoms with Gasteiger partial charge in [-0.05, 0) is 35.9 Å². The third-order valence-electron chi connectivity index (χ3n) is 3.54. The van der Waals surface area contributed by atoms with Crippen molar-refractivity contribution in [3.63, 3.8) is 0 Å². The summed E-state index contributed by atoms with van der Waals surface area (Å²) in [6, 6.07) is 13.3. The van der Waals surface area contributed by atoms with Crippen molar-refractivity contribution >= 4 is 27.5 Å². The number of hydrogen-bond donors (Lipinski definition) is 0. The highest BCUT2D eigenvalue weighted by molar-refractivity contribution is 7.89. The lowest BCUT2D eigenvalue weighted by molar-refractivity contribution is 0.0785. The average Bonchev–Trinajstić information content (AvgIpc) is 2.56. The Morgan fingerprint density at radius 1 is 1.04 bits per heavy atom. The average molecular weight is 367 g/mol. The molecule has 0 bridgehead atoms. The molecule has 0 fully saturated rings. The van der Waals surface area contributed by atoms with Crippen LogP contribution in [-0.4, -0.2) is 44.7 Å². The van der Waals surface area contributed by atoms with E-state index in [-0.39, 0.29) is 10.8 Å². The first kappa shape index (κ1) is 18.4. The normalized spacial score (nSPS) is 11.5. The monoisotopic (exact) mass is 366 g/mol. The van der Waals surface area contributed by atoms with Crippen LogP contribution in [0.1, 0.15) is 15.9 Å². The molecular formula is C17H19ClN2O3S. The molecule has 0 N–H and O–H groups in total. The summed E-state index contributed by atoms with van der Waals surface area (Å²) in [5.74, 6) is -0.249. The molecule has 0 atom stereocenters. The minimum atomic E-state index is -3.57. The van der Waals surface area contributed by atoms with Gasteiger partial charge < -0.3 is 4.90 Å². The SMILES string of the molecule is CN(Cc1ccc(Cl)cc1)C(=O)c1cccc(S(=O)(=O)N(C)C)c1. The number of amides is 1. The lowest BCUT2D eigenvalue weighted by atomic mass is 10.1. The summed E-state index contributed by atoms with van der Waals surface area (Å²) in [5, 5.41) is 0.634. The van der Waals surface area contributed by atoms with Crippen LogP contribution in [-0.2, 0) is 16.6 Å².